The number of aromatic nitrogens is 2. The molecule has 0 radical (unpaired) electrons. The van der Waals surface area contributed by atoms with E-state index in [2.05, 4.69) is 45.1 Å². The molecule has 3 aromatic rings. The lowest BCUT2D eigenvalue weighted by Gasteiger charge is -2.09. The van der Waals surface area contributed by atoms with Gasteiger partial charge in [-0.25, -0.2) is 9.97 Å². The zero-order chi connectivity index (χ0) is 17.8. The van der Waals surface area contributed by atoms with Gasteiger partial charge in [0.2, 0.25) is 0 Å². The number of aryl methyl sites for hydroxylation is 2. The molecular weight excluding hydrogens is 378 g/mol. The smallest absolute Gasteiger partial charge is 0.251 e. The summed E-state index contributed by atoms with van der Waals surface area (Å²) in [5.74, 6) is -0.110. The van der Waals surface area contributed by atoms with E-state index in [0.717, 1.165) is 45.3 Å². The van der Waals surface area contributed by atoms with E-state index in [1.165, 1.54) is 0 Å². The first kappa shape index (κ1) is 17.5. The number of nitrogens with zero attached hydrogens (tertiary/aromatic N) is 2. The number of benzene rings is 2. The summed E-state index contributed by atoms with van der Waals surface area (Å²) in [6.45, 7) is 4.64. The molecule has 1 aromatic heterocycles. The Hall–Kier alpha value is -2.27. The molecule has 128 valence electrons. The molecule has 0 aliphatic carbocycles. The van der Waals surface area contributed by atoms with Gasteiger partial charge >= 0.3 is 0 Å². The van der Waals surface area contributed by atoms with Crippen molar-refractivity contribution in [3.05, 3.63) is 69.5 Å². The molecule has 1 heterocycles. The fraction of sp³-hybridized carbons (Fsp3) is 0.250. The van der Waals surface area contributed by atoms with Crippen molar-refractivity contribution < 1.29 is 4.79 Å². The average molecular weight is 398 g/mol. The van der Waals surface area contributed by atoms with Crippen LogP contribution >= 0.6 is 15.9 Å². The molecular formula is C20H20BrN3O. The summed E-state index contributed by atoms with van der Waals surface area (Å²) >= 11 is 3.44. The van der Waals surface area contributed by atoms with Crippen LogP contribution in [0.1, 0.15) is 41.2 Å². The lowest BCUT2D eigenvalue weighted by atomic mass is 10.1. The van der Waals surface area contributed by atoms with Gasteiger partial charge in [0, 0.05) is 16.6 Å². The molecule has 0 aliphatic rings. The summed E-state index contributed by atoms with van der Waals surface area (Å²) in [7, 11) is 0. The fourth-order valence-corrected chi connectivity index (χ4v) is 3.21. The van der Waals surface area contributed by atoms with Gasteiger partial charge in [-0.1, -0.05) is 41.9 Å². The van der Waals surface area contributed by atoms with Crippen molar-refractivity contribution in [2.75, 3.05) is 0 Å². The van der Waals surface area contributed by atoms with Crippen molar-refractivity contribution in [3.63, 3.8) is 0 Å². The highest BCUT2D eigenvalue weighted by atomic mass is 79.9. The molecule has 0 atom stereocenters. The van der Waals surface area contributed by atoms with Crippen molar-refractivity contribution in [3.8, 4) is 0 Å². The Morgan fingerprint density at radius 2 is 1.72 bits per heavy atom. The quantitative estimate of drug-likeness (QED) is 0.691. The Morgan fingerprint density at radius 1 is 1.00 bits per heavy atom. The molecule has 1 N–H and O–H groups in total. The van der Waals surface area contributed by atoms with Gasteiger partial charge < -0.3 is 5.32 Å². The number of rotatable bonds is 5. The van der Waals surface area contributed by atoms with Gasteiger partial charge in [0.1, 0.15) is 0 Å². The summed E-state index contributed by atoms with van der Waals surface area (Å²) < 4.78 is 0.999. The molecule has 5 heteroatoms. The topological polar surface area (TPSA) is 54.9 Å². The van der Waals surface area contributed by atoms with Gasteiger partial charge in [-0.2, -0.15) is 0 Å². The highest BCUT2D eigenvalue weighted by Crippen LogP contribution is 2.17. The maximum atomic E-state index is 12.5. The van der Waals surface area contributed by atoms with Crippen LogP contribution in [0.25, 0.3) is 11.0 Å². The van der Waals surface area contributed by atoms with E-state index in [-0.39, 0.29) is 5.91 Å². The molecule has 0 spiro atoms. The minimum atomic E-state index is -0.110. The second kappa shape index (κ2) is 7.74. The Kier molecular flexibility index (Phi) is 5.43. The molecule has 3 rings (SSSR count). The second-order valence-electron chi connectivity index (χ2n) is 5.84. The lowest BCUT2D eigenvalue weighted by Crippen LogP contribution is -2.22. The summed E-state index contributed by atoms with van der Waals surface area (Å²) in [6, 6.07) is 13.4. The molecule has 4 nitrogen and oxygen atoms in total. The summed E-state index contributed by atoms with van der Waals surface area (Å²) in [5, 5.41) is 2.95. The molecule has 0 aliphatic heterocycles. The Balaban J connectivity index is 1.81. The van der Waals surface area contributed by atoms with E-state index >= 15 is 0 Å². The zero-order valence-corrected chi connectivity index (χ0v) is 15.9. The maximum Gasteiger partial charge on any atom is 0.251 e. The number of carbonyl (C=O) groups excluding carboxylic acids is 1. The van der Waals surface area contributed by atoms with E-state index in [9.17, 15) is 4.79 Å². The first-order valence-electron chi connectivity index (χ1n) is 8.43. The van der Waals surface area contributed by atoms with Crippen LogP contribution in [-0.4, -0.2) is 15.9 Å². The lowest BCUT2D eigenvalue weighted by molar-refractivity contribution is 0.0951. The minimum absolute atomic E-state index is 0.110. The number of amides is 1. The Labute approximate surface area is 155 Å². The summed E-state index contributed by atoms with van der Waals surface area (Å²) in [6.07, 6.45) is 1.70. The Bertz CT molecular complexity index is 924. The Morgan fingerprint density at radius 3 is 2.40 bits per heavy atom. The van der Waals surface area contributed by atoms with Gasteiger partial charge in [-0.05, 0) is 48.7 Å². The number of fused-ring (bicyclic) bond motifs is 1. The van der Waals surface area contributed by atoms with Crippen LogP contribution in [-0.2, 0) is 19.4 Å². The number of hydrogen-bond acceptors (Lipinski definition) is 3. The summed E-state index contributed by atoms with van der Waals surface area (Å²) in [4.78, 5) is 21.8. The molecule has 25 heavy (non-hydrogen) atoms. The van der Waals surface area contributed by atoms with E-state index in [0.29, 0.717) is 12.1 Å². The molecule has 0 bridgehead atoms. The van der Waals surface area contributed by atoms with E-state index in [4.69, 9.17) is 0 Å². The molecule has 0 fully saturated rings. The van der Waals surface area contributed by atoms with Crippen LogP contribution in [0.2, 0.25) is 0 Å². The van der Waals surface area contributed by atoms with Crippen LogP contribution in [0.5, 0.6) is 0 Å². The van der Waals surface area contributed by atoms with Crippen molar-refractivity contribution in [1.29, 1.82) is 0 Å². The van der Waals surface area contributed by atoms with E-state index < -0.39 is 0 Å². The zero-order valence-electron chi connectivity index (χ0n) is 14.3. The van der Waals surface area contributed by atoms with E-state index in [1.807, 2.05) is 36.4 Å². The third kappa shape index (κ3) is 4.04. The second-order valence-corrected chi connectivity index (χ2v) is 6.76. The third-order valence-corrected chi connectivity index (χ3v) is 4.59. The molecule has 2 aromatic carbocycles. The van der Waals surface area contributed by atoms with Crippen molar-refractivity contribution in [2.24, 2.45) is 0 Å². The number of nitrogens with one attached hydrogen (secondary N) is 1. The molecule has 0 unspecified atom stereocenters. The average Bonchev–Trinajstić information content (AvgIpc) is 2.64. The van der Waals surface area contributed by atoms with Crippen LogP contribution in [0, 0.1) is 0 Å². The normalized spacial score (nSPS) is 10.8. The molecule has 0 saturated carbocycles. The van der Waals surface area contributed by atoms with Crippen LogP contribution in [0.3, 0.4) is 0 Å². The van der Waals surface area contributed by atoms with Crippen LogP contribution in [0.15, 0.2) is 46.9 Å². The highest BCUT2D eigenvalue weighted by molar-refractivity contribution is 9.10. The van der Waals surface area contributed by atoms with Gasteiger partial charge in [0.15, 0.2) is 0 Å². The molecule has 1 amide bonds. The van der Waals surface area contributed by atoms with Gasteiger partial charge in [0.05, 0.1) is 22.4 Å². The van der Waals surface area contributed by atoms with E-state index in [1.54, 1.807) is 6.07 Å². The third-order valence-electron chi connectivity index (χ3n) is 4.09. The molecule has 0 saturated heterocycles. The minimum Gasteiger partial charge on any atom is -0.348 e. The highest BCUT2D eigenvalue weighted by Gasteiger charge is 2.10. The first-order valence-corrected chi connectivity index (χ1v) is 9.22. The number of halogens is 1. The monoisotopic (exact) mass is 397 g/mol. The maximum absolute atomic E-state index is 12.5. The number of hydrogen-bond donors (Lipinski definition) is 1. The van der Waals surface area contributed by atoms with Crippen molar-refractivity contribution in [2.45, 2.75) is 33.2 Å². The van der Waals surface area contributed by atoms with Gasteiger partial charge in [-0.15, -0.1) is 0 Å². The SMILES string of the molecule is CCc1nc2ccc(C(=O)NCc3cccc(Br)c3)cc2nc1CC. The van der Waals surface area contributed by atoms with Crippen LogP contribution in [0.4, 0.5) is 0 Å². The first-order chi connectivity index (χ1) is 12.1. The van der Waals surface area contributed by atoms with Crippen molar-refractivity contribution in [1.82, 2.24) is 15.3 Å². The predicted molar refractivity (Wildman–Crippen MR) is 104 cm³/mol. The fourth-order valence-electron chi connectivity index (χ4n) is 2.77. The number of carbonyl (C=O) groups is 1. The predicted octanol–water partition coefficient (Wildman–Crippen LogP) is 4.45. The summed E-state index contributed by atoms with van der Waals surface area (Å²) in [5.41, 5.74) is 5.28. The van der Waals surface area contributed by atoms with Crippen molar-refractivity contribution >= 4 is 32.9 Å². The standard InChI is InChI=1S/C20H20BrN3O/c1-3-16-17(4-2)24-19-11-14(8-9-18(19)23-16)20(25)22-12-13-6-5-7-15(21)10-13/h5-11H,3-4,12H2,1-2H3,(H,22,25). The largest absolute Gasteiger partial charge is 0.348 e. The van der Waals surface area contributed by atoms with Gasteiger partial charge in [0.25, 0.3) is 5.91 Å². The van der Waals surface area contributed by atoms with Crippen LogP contribution < -0.4 is 5.32 Å². The van der Waals surface area contributed by atoms with Gasteiger partial charge in [-0.3, -0.25) is 4.79 Å².